The molecule has 0 aliphatic carbocycles. The lowest BCUT2D eigenvalue weighted by Crippen LogP contribution is -2.17. The van der Waals surface area contributed by atoms with E-state index in [1.807, 2.05) is 0 Å². The van der Waals surface area contributed by atoms with Gasteiger partial charge in [-0.3, -0.25) is 4.57 Å². The zero-order chi connectivity index (χ0) is 16.0. The van der Waals surface area contributed by atoms with Crippen LogP contribution in [-0.4, -0.2) is 58.5 Å². The highest BCUT2D eigenvalue weighted by Crippen LogP contribution is 2.33. The average molecular weight is 322 g/mol. The molecule has 0 spiro atoms. The van der Waals surface area contributed by atoms with Crippen LogP contribution in [0, 0.1) is 0 Å². The van der Waals surface area contributed by atoms with Crippen molar-refractivity contribution in [2.24, 2.45) is 0 Å². The molecule has 21 heavy (non-hydrogen) atoms. The molecular formula is C10H15N2O8P. The predicted octanol–water partition coefficient (Wildman–Crippen LogP) is -0.392. The number of aromatic nitrogens is 2. The lowest BCUT2D eigenvalue weighted by molar-refractivity contribution is 0.0541. The molecular weight excluding hydrogens is 307 g/mol. The van der Waals surface area contributed by atoms with Gasteiger partial charge in [-0.25, -0.2) is 14.6 Å². The van der Waals surface area contributed by atoms with Crippen LogP contribution in [0.5, 0.6) is 0 Å². The number of hydrogen-bond donors (Lipinski definition) is 2. The second-order valence-electron chi connectivity index (χ2n) is 3.82. The summed E-state index contributed by atoms with van der Waals surface area (Å²) in [6.45, 7) is -0.0412. The molecule has 0 saturated carbocycles. The maximum Gasteiger partial charge on any atom is 0.359 e. The molecule has 1 rings (SSSR count). The summed E-state index contributed by atoms with van der Waals surface area (Å²) in [5.74, 6) is -1.59. The zero-order valence-corrected chi connectivity index (χ0v) is 12.3. The number of rotatable bonds is 7. The highest BCUT2D eigenvalue weighted by Gasteiger charge is 2.25. The second kappa shape index (κ2) is 7.32. The van der Waals surface area contributed by atoms with Crippen LogP contribution in [0.3, 0.4) is 0 Å². The predicted molar refractivity (Wildman–Crippen MR) is 67.8 cm³/mol. The summed E-state index contributed by atoms with van der Waals surface area (Å²) in [4.78, 5) is 44.2. The Morgan fingerprint density at radius 2 is 1.90 bits per heavy atom. The Labute approximate surface area is 119 Å². The van der Waals surface area contributed by atoms with E-state index in [2.05, 4.69) is 14.5 Å². The first-order valence-corrected chi connectivity index (χ1v) is 7.44. The maximum absolute atomic E-state index is 11.7. The van der Waals surface area contributed by atoms with Gasteiger partial charge in [0.05, 0.1) is 27.2 Å². The highest BCUT2D eigenvalue weighted by molar-refractivity contribution is 7.51. The SMILES string of the molecule is COC(=O)c1ncn(CCOCP(=O)(O)O)c1C(=O)OC. The number of esters is 2. The highest BCUT2D eigenvalue weighted by atomic mass is 31.2. The van der Waals surface area contributed by atoms with Crippen LogP contribution in [0.15, 0.2) is 6.33 Å². The van der Waals surface area contributed by atoms with Gasteiger partial charge in [0.15, 0.2) is 11.4 Å². The summed E-state index contributed by atoms with van der Waals surface area (Å²) in [5.41, 5.74) is -0.330. The van der Waals surface area contributed by atoms with Crippen molar-refractivity contribution in [1.82, 2.24) is 9.55 Å². The Hall–Kier alpha value is -1.74. The molecule has 10 nitrogen and oxygen atoms in total. The topological polar surface area (TPSA) is 137 Å². The van der Waals surface area contributed by atoms with Crippen molar-refractivity contribution in [1.29, 1.82) is 0 Å². The first-order chi connectivity index (χ1) is 9.80. The molecule has 0 atom stereocenters. The minimum absolute atomic E-state index is 0.0500. The summed E-state index contributed by atoms with van der Waals surface area (Å²) in [5, 5.41) is 0. The van der Waals surface area contributed by atoms with Gasteiger partial charge in [0.2, 0.25) is 0 Å². The average Bonchev–Trinajstić information content (AvgIpc) is 2.84. The van der Waals surface area contributed by atoms with E-state index in [4.69, 9.17) is 14.5 Å². The normalized spacial score (nSPS) is 11.2. The molecule has 1 aromatic heterocycles. The van der Waals surface area contributed by atoms with Crippen LogP contribution in [0.4, 0.5) is 0 Å². The molecule has 0 saturated heterocycles. The summed E-state index contributed by atoms with van der Waals surface area (Å²) in [6.07, 6.45) is 0.471. The van der Waals surface area contributed by atoms with E-state index in [0.717, 1.165) is 14.2 Å². The molecule has 1 aromatic rings. The van der Waals surface area contributed by atoms with Gasteiger partial charge in [0, 0.05) is 6.54 Å². The summed E-state index contributed by atoms with van der Waals surface area (Å²) in [6, 6.07) is 0. The van der Waals surface area contributed by atoms with E-state index in [0.29, 0.717) is 0 Å². The largest absolute Gasteiger partial charge is 0.464 e. The third-order valence-electron chi connectivity index (χ3n) is 2.33. The van der Waals surface area contributed by atoms with Gasteiger partial charge in [-0.05, 0) is 0 Å². The lowest BCUT2D eigenvalue weighted by atomic mass is 10.3. The fourth-order valence-electron chi connectivity index (χ4n) is 1.45. The molecule has 0 aliphatic heterocycles. The molecule has 0 bridgehead atoms. The number of ether oxygens (including phenoxy) is 3. The third-order valence-corrected chi connectivity index (χ3v) is 2.85. The van der Waals surface area contributed by atoms with Crippen molar-refractivity contribution in [3.63, 3.8) is 0 Å². The van der Waals surface area contributed by atoms with Crippen molar-refractivity contribution in [3.05, 3.63) is 17.7 Å². The van der Waals surface area contributed by atoms with Gasteiger partial charge in [-0.1, -0.05) is 0 Å². The Morgan fingerprint density at radius 1 is 1.29 bits per heavy atom. The molecule has 0 fully saturated rings. The number of carbonyl (C=O) groups excluding carboxylic acids is 2. The van der Waals surface area contributed by atoms with E-state index >= 15 is 0 Å². The van der Waals surface area contributed by atoms with E-state index in [9.17, 15) is 14.2 Å². The van der Waals surface area contributed by atoms with Crippen LogP contribution in [0.1, 0.15) is 21.0 Å². The van der Waals surface area contributed by atoms with E-state index in [1.165, 1.54) is 10.9 Å². The van der Waals surface area contributed by atoms with Gasteiger partial charge in [-0.2, -0.15) is 0 Å². The van der Waals surface area contributed by atoms with Gasteiger partial charge in [0.1, 0.15) is 6.35 Å². The summed E-state index contributed by atoms with van der Waals surface area (Å²) < 4.78 is 25.7. The number of imidazole rings is 1. The minimum atomic E-state index is -4.25. The molecule has 0 aromatic carbocycles. The first-order valence-electron chi connectivity index (χ1n) is 5.64. The van der Waals surface area contributed by atoms with Crippen molar-refractivity contribution in [2.45, 2.75) is 6.54 Å². The van der Waals surface area contributed by atoms with Gasteiger partial charge >= 0.3 is 19.5 Å². The van der Waals surface area contributed by atoms with Crippen LogP contribution in [0.25, 0.3) is 0 Å². The zero-order valence-electron chi connectivity index (χ0n) is 11.4. The Bertz CT molecular complexity index is 563. The summed E-state index contributed by atoms with van der Waals surface area (Å²) in [7, 11) is -1.96. The fraction of sp³-hybridized carbons (Fsp3) is 0.500. The third kappa shape index (κ3) is 4.94. The van der Waals surface area contributed by atoms with E-state index in [1.54, 1.807) is 0 Å². The summed E-state index contributed by atoms with van der Waals surface area (Å²) >= 11 is 0. The number of carbonyl (C=O) groups is 2. The van der Waals surface area contributed by atoms with Crippen LogP contribution < -0.4 is 0 Å². The fourth-order valence-corrected chi connectivity index (χ4v) is 1.82. The monoisotopic (exact) mass is 322 g/mol. The van der Waals surface area contributed by atoms with Crippen LogP contribution >= 0.6 is 7.60 Å². The lowest BCUT2D eigenvalue weighted by Gasteiger charge is -2.09. The van der Waals surface area contributed by atoms with Crippen molar-refractivity contribution < 1.29 is 38.2 Å². The van der Waals surface area contributed by atoms with Crippen molar-refractivity contribution >= 4 is 19.5 Å². The number of methoxy groups -OCH3 is 2. The quantitative estimate of drug-likeness (QED) is 0.390. The molecule has 11 heteroatoms. The number of hydrogen-bond acceptors (Lipinski definition) is 7. The molecule has 0 unspecified atom stereocenters. The standard InChI is InChI=1S/C10H15N2O8P/c1-18-9(13)7-8(10(14)19-2)12(5-11-7)3-4-20-6-21(15,16)17/h5H,3-4,6H2,1-2H3,(H2,15,16,17). The smallest absolute Gasteiger partial charge is 0.359 e. The Kier molecular flexibility index (Phi) is 6.03. The van der Waals surface area contributed by atoms with Crippen molar-refractivity contribution in [2.75, 3.05) is 27.2 Å². The minimum Gasteiger partial charge on any atom is -0.464 e. The molecule has 1 heterocycles. The van der Waals surface area contributed by atoms with Gasteiger partial charge < -0.3 is 28.6 Å². The second-order valence-corrected chi connectivity index (χ2v) is 5.41. The van der Waals surface area contributed by atoms with Gasteiger partial charge in [0.25, 0.3) is 0 Å². The van der Waals surface area contributed by atoms with Crippen LogP contribution in [-0.2, 0) is 25.3 Å². The first kappa shape index (κ1) is 17.3. The Balaban J connectivity index is 2.82. The van der Waals surface area contributed by atoms with Gasteiger partial charge in [-0.15, -0.1) is 0 Å². The maximum atomic E-state index is 11.7. The molecule has 118 valence electrons. The molecule has 2 N–H and O–H groups in total. The molecule has 0 amide bonds. The Morgan fingerprint density at radius 3 is 2.43 bits per heavy atom. The molecule has 0 radical (unpaired) electrons. The van der Waals surface area contributed by atoms with E-state index in [-0.39, 0.29) is 24.5 Å². The van der Waals surface area contributed by atoms with Crippen LogP contribution in [0.2, 0.25) is 0 Å². The number of nitrogens with zero attached hydrogens (tertiary/aromatic N) is 2. The molecule has 0 aliphatic rings. The van der Waals surface area contributed by atoms with E-state index < -0.39 is 25.9 Å². The van der Waals surface area contributed by atoms with Crippen molar-refractivity contribution in [3.8, 4) is 0 Å².